The van der Waals surface area contributed by atoms with Gasteiger partial charge in [-0.2, -0.15) is 0 Å². The average Bonchev–Trinajstić information content (AvgIpc) is 2.30. The van der Waals surface area contributed by atoms with E-state index in [1.807, 2.05) is 0 Å². The number of aryl methyl sites for hydroxylation is 1. The second kappa shape index (κ2) is 3.82. The van der Waals surface area contributed by atoms with Crippen LogP contribution in [0.25, 0.3) is 0 Å². The summed E-state index contributed by atoms with van der Waals surface area (Å²) < 4.78 is 3.10. The fourth-order valence-electron chi connectivity index (χ4n) is 0.923. The molecule has 0 saturated carbocycles. The van der Waals surface area contributed by atoms with Gasteiger partial charge in [0.2, 0.25) is 0 Å². The van der Waals surface area contributed by atoms with Crippen LogP contribution in [0.5, 0.6) is 0 Å². The zero-order valence-electron chi connectivity index (χ0n) is 7.15. The number of hydrogen-bond donors (Lipinski definition) is 1. The van der Waals surface area contributed by atoms with Crippen molar-refractivity contribution in [3.05, 3.63) is 16.7 Å². The first kappa shape index (κ1) is 9.41. The molecule has 0 aliphatic heterocycles. The maximum absolute atomic E-state index is 11.2. The zero-order chi connectivity index (χ0) is 9.14. The quantitative estimate of drug-likeness (QED) is 0.669. The van der Waals surface area contributed by atoms with Gasteiger partial charge in [-0.15, -0.1) is 11.8 Å². The van der Waals surface area contributed by atoms with Crippen molar-refractivity contribution in [3.63, 3.8) is 0 Å². The molecule has 0 fully saturated rings. The molecule has 4 nitrogen and oxygen atoms in total. The molecule has 0 aliphatic rings. The van der Waals surface area contributed by atoms with E-state index in [1.165, 1.54) is 16.3 Å². The second-order valence-electron chi connectivity index (χ2n) is 2.49. The molecule has 0 radical (unpaired) electrons. The maximum atomic E-state index is 11.2. The van der Waals surface area contributed by atoms with Gasteiger partial charge in [-0.25, -0.2) is 4.79 Å². The Hall–Kier alpha value is -0.680. The van der Waals surface area contributed by atoms with E-state index >= 15 is 0 Å². The second-order valence-corrected chi connectivity index (χ2v) is 3.61. The van der Waals surface area contributed by atoms with Crippen molar-refractivity contribution in [2.45, 2.75) is 5.03 Å². The van der Waals surface area contributed by atoms with E-state index in [4.69, 9.17) is 5.11 Å². The van der Waals surface area contributed by atoms with Crippen LogP contribution in [0.2, 0.25) is 0 Å². The van der Waals surface area contributed by atoms with Gasteiger partial charge in [-0.1, -0.05) is 0 Å². The van der Waals surface area contributed by atoms with Gasteiger partial charge in [0.25, 0.3) is 0 Å². The van der Waals surface area contributed by atoms with Crippen LogP contribution in [0, 0.1) is 0 Å². The number of imidazole rings is 1. The molecule has 1 aromatic rings. The lowest BCUT2D eigenvalue weighted by Gasteiger charge is -1.96. The number of aliphatic hydroxyl groups excluding tert-OH is 1. The Morgan fingerprint density at radius 3 is 2.67 bits per heavy atom. The molecular weight excluding hydrogens is 176 g/mol. The molecule has 1 rings (SSSR count). The molecular formula is C7H12N2O2S. The third-order valence-electron chi connectivity index (χ3n) is 1.56. The van der Waals surface area contributed by atoms with Gasteiger partial charge >= 0.3 is 5.69 Å². The minimum absolute atomic E-state index is 0.0320. The summed E-state index contributed by atoms with van der Waals surface area (Å²) >= 11 is 1.47. The summed E-state index contributed by atoms with van der Waals surface area (Å²) in [6, 6.07) is 0. The van der Waals surface area contributed by atoms with Crippen LogP contribution in [0.4, 0.5) is 0 Å². The zero-order valence-corrected chi connectivity index (χ0v) is 7.97. The van der Waals surface area contributed by atoms with Gasteiger partial charge in [0.05, 0.1) is 11.6 Å². The van der Waals surface area contributed by atoms with Crippen molar-refractivity contribution in [1.29, 1.82) is 0 Å². The molecule has 68 valence electrons. The first-order valence-corrected chi connectivity index (χ1v) is 4.61. The lowest BCUT2D eigenvalue weighted by atomic mass is 10.9. The van der Waals surface area contributed by atoms with Gasteiger partial charge in [0, 0.05) is 26.0 Å². The minimum atomic E-state index is -0.0320. The summed E-state index contributed by atoms with van der Waals surface area (Å²) in [5.74, 6) is 0.622. The van der Waals surface area contributed by atoms with Crippen molar-refractivity contribution in [2.24, 2.45) is 14.1 Å². The van der Waals surface area contributed by atoms with Gasteiger partial charge in [0.15, 0.2) is 0 Å². The third kappa shape index (κ3) is 1.73. The van der Waals surface area contributed by atoms with Gasteiger partial charge in [-0.05, 0) is 0 Å². The summed E-state index contributed by atoms with van der Waals surface area (Å²) in [6.07, 6.45) is 1.77. The molecule has 0 aromatic carbocycles. The van der Waals surface area contributed by atoms with Crippen molar-refractivity contribution >= 4 is 11.8 Å². The predicted molar refractivity (Wildman–Crippen MR) is 48.5 cm³/mol. The molecule has 0 bridgehead atoms. The number of rotatable bonds is 3. The molecule has 0 amide bonds. The van der Waals surface area contributed by atoms with E-state index in [0.29, 0.717) is 5.75 Å². The van der Waals surface area contributed by atoms with Crippen LogP contribution in [0.3, 0.4) is 0 Å². The molecule has 0 aliphatic carbocycles. The smallest absolute Gasteiger partial charge is 0.328 e. The molecule has 0 spiro atoms. The van der Waals surface area contributed by atoms with E-state index < -0.39 is 0 Å². The summed E-state index contributed by atoms with van der Waals surface area (Å²) in [7, 11) is 3.44. The van der Waals surface area contributed by atoms with Crippen LogP contribution in [0.15, 0.2) is 16.0 Å². The summed E-state index contributed by atoms with van der Waals surface area (Å²) in [5.41, 5.74) is -0.0320. The normalized spacial score (nSPS) is 10.6. The van der Waals surface area contributed by atoms with Crippen LogP contribution in [-0.4, -0.2) is 26.6 Å². The van der Waals surface area contributed by atoms with Gasteiger partial charge in [0.1, 0.15) is 0 Å². The van der Waals surface area contributed by atoms with Crippen molar-refractivity contribution < 1.29 is 5.11 Å². The maximum Gasteiger partial charge on any atom is 0.328 e. The van der Waals surface area contributed by atoms with Gasteiger partial charge in [-0.3, -0.25) is 4.57 Å². The fraction of sp³-hybridized carbons (Fsp3) is 0.571. The number of aliphatic hydroxyl groups is 1. The number of aromatic nitrogens is 2. The number of thioether (sulfide) groups is 1. The Bertz CT molecular complexity index is 316. The van der Waals surface area contributed by atoms with Crippen LogP contribution in [-0.2, 0) is 14.1 Å². The molecule has 12 heavy (non-hydrogen) atoms. The van der Waals surface area contributed by atoms with Crippen molar-refractivity contribution in [2.75, 3.05) is 12.4 Å². The Morgan fingerprint density at radius 1 is 1.58 bits per heavy atom. The van der Waals surface area contributed by atoms with E-state index in [9.17, 15) is 4.79 Å². The van der Waals surface area contributed by atoms with Crippen LogP contribution in [0.1, 0.15) is 0 Å². The van der Waals surface area contributed by atoms with E-state index in [2.05, 4.69) is 0 Å². The highest BCUT2D eigenvalue weighted by atomic mass is 32.2. The standard InChI is InChI=1S/C7H12N2O2S/c1-8-5-6(12-4-3-10)9(2)7(8)11/h5,10H,3-4H2,1-2H3. The monoisotopic (exact) mass is 188 g/mol. The largest absolute Gasteiger partial charge is 0.396 e. The molecule has 1 N–H and O–H groups in total. The molecule has 0 unspecified atom stereocenters. The van der Waals surface area contributed by atoms with E-state index in [-0.39, 0.29) is 12.3 Å². The summed E-state index contributed by atoms with van der Waals surface area (Å²) in [4.78, 5) is 11.2. The lowest BCUT2D eigenvalue weighted by Crippen LogP contribution is -2.19. The highest BCUT2D eigenvalue weighted by Gasteiger charge is 2.04. The molecule has 1 aromatic heterocycles. The Morgan fingerprint density at radius 2 is 2.25 bits per heavy atom. The third-order valence-corrected chi connectivity index (χ3v) is 2.63. The molecule has 5 heteroatoms. The Kier molecular flexibility index (Phi) is 2.99. The van der Waals surface area contributed by atoms with Crippen molar-refractivity contribution in [3.8, 4) is 0 Å². The summed E-state index contributed by atoms with van der Waals surface area (Å²) in [5, 5.41) is 9.47. The highest BCUT2D eigenvalue weighted by molar-refractivity contribution is 7.99. The van der Waals surface area contributed by atoms with Crippen LogP contribution >= 0.6 is 11.8 Å². The number of hydrogen-bond acceptors (Lipinski definition) is 3. The first-order chi connectivity index (χ1) is 5.66. The Balaban J connectivity index is 2.86. The van der Waals surface area contributed by atoms with Crippen LogP contribution < -0.4 is 5.69 Å². The average molecular weight is 188 g/mol. The topological polar surface area (TPSA) is 47.2 Å². The van der Waals surface area contributed by atoms with E-state index in [1.54, 1.807) is 24.9 Å². The lowest BCUT2D eigenvalue weighted by molar-refractivity contribution is 0.322. The first-order valence-electron chi connectivity index (χ1n) is 3.63. The Labute approximate surface area is 74.8 Å². The molecule has 0 saturated heterocycles. The van der Waals surface area contributed by atoms with Gasteiger partial charge < -0.3 is 9.67 Å². The van der Waals surface area contributed by atoms with E-state index in [0.717, 1.165) is 5.03 Å². The molecule has 0 atom stereocenters. The number of nitrogens with zero attached hydrogens (tertiary/aromatic N) is 2. The fourth-order valence-corrected chi connectivity index (χ4v) is 1.73. The summed E-state index contributed by atoms with van der Waals surface area (Å²) in [6.45, 7) is 0.133. The molecule has 1 heterocycles. The SMILES string of the molecule is Cn1cc(SCCO)n(C)c1=O. The minimum Gasteiger partial charge on any atom is -0.396 e. The predicted octanol–water partition coefficient (Wildman–Crippen LogP) is -0.192. The highest BCUT2D eigenvalue weighted by Crippen LogP contribution is 2.13. The van der Waals surface area contributed by atoms with Crippen molar-refractivity contribution in [1.82, 2.24) is 9.13 Å².